The molecule has 10 heteroatoms. The summed E-state index contributed by atoms with van der Waals surface area (Å²) in [7, 11) is 3.00. The van der Waals surface area contributed by atoms with Crippen molar-refractivity contribution in [2.24, 2.45) is 0 Å². The van der Waals surface area contributed by atoms with Crippen LogP contribution in [0.4, 0.5) is 0 Å². The van der Waals surface area contributed by atoms with Crippen LogP contribution < -0.4 is 0 Å². The van der Waals surface area contributed by atoms with Gasteiger partial charge in [-0.05, 0) is 81.6 Å². The van der Waals surface area contributed by atoms with Crippen LogP contribution in [-0.2, 0) is 27.9 Å². The van der Waals surface area contributed by atoms with Gasteiger partial charge in [0.1, 0.15) is 0 Å². The maximum Gasteiger partial charge on any atom is 0.640 e. The summed E-state index contributed by atoms with van der Waals surface area (Å²) >= 11 is 0. The number of hydrogen-bond donors (Lipinski definition) is 0. The molecule has 0 bridgehead atoms. The van der Waals surface area contributed by atoms with E-state index in [0.29, 0.717) is 13.2 Å². The second-order valence-corrected chi connectivity index (χ2v) is 10.2. The van der Waals surface area contributed by atoms with E-state index in [9.17, 15) is 0 Å². The summed E-state index contributed by atoms with van der Waals surface area (Å²) in [6, 6.07) is 0. The lowest BCUT2D eigenvalue weighted by Crippen LogP contribution is -2.48. The first-order valence-electron chi connectivity index (χ1n) is 12.1. The van der Waals surface area contributed by atoms with Crippen LogP contribution in [0.1, 0.15) is 68.2 Å². The average Bonchev–Trinajstić information content (AvgIpc) is 2.62. The molecule has 0 saturated carbocycles. The summed E-state index contributed by atoms with van der Waals surface area (Å²) in [6.07, 6.45) is 2.19. The van der Waals surface area contributed by atoms with Crippen LogP contribution >= 0.6 is 0 Å². The quantitative estimate of drug-likeness (QED) is 0.463. The highest BCUT2D eigenvalue weighted by molar-refractivity contribution is 6.37. The Hall–Kier alpha value is -0.190. The minimum absolute atomic E-state index is 0.152. The molecule has 0 radical (unpaired) electrons. The summed E-state index contributed by atoms with van der Waals surface area (Å²) in [5.74, 6) is 0. The summed E-state index contributed by atoms with van der Waals surface area (Å²) in [5.41, 5.74) is -0.308. The van der Waals surface area contributed by atoms with Gasteiger partial charge >= 0.3 is 14.6 Å². The second-order valence-electron chi connectivity index (χ2n) is 10.2. The Morgan fingerprint density at radius 3 is 1.53 bits per heavy atom. The molecule has 2 saturated heterocycles. The highest BCUT2D eigenvalue weighted by Gasteiger charge is 2.40. The summed E-state index contributed by atoms with van der Waals surface area (Å²) in [4.78, 5) is 4.38. The van der Waals surface area contributed by atoms with Crippen molar-refractivity contribution in [1.82, 2.24) is 9.80 Å². The Balaban J connectivity index is 0.000000323. The molecule has 0 aromatic rings. The van der Waals surface area contributed by atoms with Crippen LogP contribution in [0.3, 0.4) is 0 Å². The second kappa shape index (κ2) is 14.3. The van der Waals surface area contributed by atoms with E-state index in [4.69, 9.17) is 27.9 Å². The van der Waals surface area contributed by atoms with Crippen molar-refractivity contribution >= 4 is 14.6 Å². The molecular weight excluding hydrogens is 410 g/mol. The zero-order chi connectivity index (χ0) is 24.4. The van der Waals surface area contributed by atoms with Gasteiger partial charge in [0.25, 0.3) is 0 Å². The predicted octanol–water partition coefficient (Wildman–Crippen LogP) is 3.09. The van der Waals surface area contributed by atoms with Gasteiger partial charge in [0, 0.05) is 38.5 Å². The zero-order valence-electron chi connectivity index (χ0n) is 22.3. The Morgan fingerprint density at radius 2 is 1.19 bits per heavy atom. The third-order valence-electron chi connectivity index (χ3n) is 5.42. The molecule has 0 aromatic heterocycles. The third-order valence-corrected chi connectivity index (χ3v) is 5.42. The topological polar surface area (TPSA) is 61.9 Å². The van der Waals surface area contributed by atoms with Gasteiger partial charge in [-0.25, -0.2) is 0 Å². The molecule has 8 nitrogen and oxygen atoms in total. The molecule has 2 heterocycles. The van der Waals surface area contributed by atoms with E-state index in [2.05, 4.69) is 58.3 Å². The summed E-state index contributed by atoms with van der Waals surface area (Å²) in [5, 5.41) is 0. The van der Waals surface area contributed by atoms with Crippen molar-refractivity contribution in [3.63, 3.8) is 0 Å². The van der Waals surface area contributed by atoms with Crippen LogP contribution in [0.2, 0.25) is 0 Å². The largest absolute Gasteiger partial charge is 0.640 e. The van der Waals surface area contributed by atoms with E-state index in [1.54, 1.807) is 0 Å². The standard InChI is InChI=1S/C12H26BNO3.C10H22BNO3/c1-6-14(7-2)8-9-15-13-16-11(3)10-12(4,5)17-13;1-9-8-10(2,3)15-11(14-9)13-7-6-12(4)5/h11H,6-10H2,1-5H3;9H,6-8H2,1-5H3. The zero-order valence-corrected chi connectivity index (χ0v) is 22.3. The third kappa shape index (κ3) is 12.9. The highest BCUT2D eigenvalue weighted by atomic mass is 16.8. The van der Waals surface area contributed by atoms with Crippen molar-refractivity contribution in [1.29, 1.82) is 0 Å². The van der Waals surface area contributed by atoms with Gasteiger partial charge in [-0.2, -0.15) is 0 Å². The monoisotopic (exact) mass is 458 g/mol. The number of likely N-dealkylation sites (N-methyl/N-ethyl adjacent to an activating group) is 2. The van der Waals surface area contributed by atoms with Crippen molar-refractivity contribution in [3.05, 3.63) is 0 Å². The Kier molecular flexibility index (Phi) is 13.3. The molecule has 0 amide bonds. The molecule has 2 fully saturated rings. The number of hydrogen-bond acceptors (Lipinski definition) is 8. The minimum atomic E-state index is -0.510. The van der Waals surface area contributed by atoms with E-state index in [1.807, 2.05) is 21.0 Å². The smallest absolute Gasteiger partial charge is 0.385 e. The normalized spacial score (nSPS) is 25.1. The lowest BCUT2D eigenvalue weighted by atomic mass is 9.95. The fourth-order valence-electron chi connectivity index (χ4n) is 3.83. The van der Waals surface area contributed by atoms with Crippen LogP contribution in [0.15, 0.2) is 0 Å². The van der Waals surface area contributed by atoms with Gasteiger partial charge in [0.05, 0.1) is 11.2 Å². The Morgan fingerprint density at radius 1 is 0.781 bits per heavy atom. The Labute approximate surface area is 197 Å². The first-order valence-corrected chi connectivity index (χ1v) is 12.1. The molecule has 2 unspecified atom stereocenters. The van der Waals surface area contributed by atoms with E-state index in [0.717, 1.165) is 39.0 Å². The number of nitrogens with zero attached hydrogens (tertiary/aromatic N) is 2. The molecule has 0 aromatic carbocycles. The molecule has 2 rings (SSSR count). The van der Waals surface area contributed by atoms with Gasteiger partial charge in [-0.1, -0.05) is 13.8 Å². The van der Waals surface area contributed by atoms with E-state index in [1.165, 1.54) is 0 Å². The van der Waals surface area contributed by atoms with E-state index < -0.39 is 14.6 Å². The van der Waals surface area contributed by atoms with Crippen LogP contribution in [0.25, 0.3) is 0 Å². The van der Waals surface area contributed by atoms with Crippen LogP contribution in [0, 0.1) is 0 Å². The van der Waals surface area contributed by atoms with E-state index in [-0.39, 0.29) is 23.4 Å². The SMILES string of the molecule is CC1CC(C)(C)OB(OCCN(C)C)O1.CCN(CC)CCOB1OC(C)CC(C)(C)O1. The average molecular weight is 458 g/mol. The molecule has 188 valence electrons. The highest BCUT2D eigenvalue weighted by Crippen LogP contribution is 2.26. The van der Waals surface area contributed by atoms with Gasteiger partial charge in [0.2, 0.25) is 0 Å². The van der Waals surface area contributed by atoms with Gasteiger partial charge in [0.15, 0.2) is 0 Å². The van der Waals surface area contributed by atoms with Crippen molar-refractivity contribution in [2.45, 2.75) is 91.6 Å². The lowest BCUT2D eigenvalue weighted by Gasteiger charge is -2.37. The molecule has 0 spiro atoms. The summed E-state index contributed by atoms with van der Waals surface area (Å²) in [6.45, 7) is 21.9. The van der Waals surface area contributed by atoms with Gasteiger partial charge in [-0.15, -0.1) is 0 Å². The molecule has 0 N–H and O–H groups in total. The first-order chi connectivity index (χ1) is 14.9. The predicted molar refractivity (Wildman–Crippen MR) is 130 cm³/mol. The van der Waals surface area contributed by atoms with Crippen LogP contribution in [-0.4, -0.2) is 101 Å². The lowest BCUT2D eigenvalue weighted by molar-refractivity contribution is -0.0706. The molecule has 2 aliphatic rings. The fourth-order valence-corrected chi connectivity index (χ4v) is 3.83. The maximum atomic E-state index is 5.73. The van der Waals surface area contributed by atoms with Crippen LogP contribution in [0.5, 0.6) is 0 Å². The van der Waals surface area contributed by atoms with Crippen molar-refractivity contribution in [3.8, 4) is 0 Å². The maximum absolute atomic E-state index is 5.73. The van der Waals surface area contributed by atoms with Crippen molar-refractivity contribution in [2.75, 3.05) is 53.5 Å². The minimum Gasteiger partial charge on any atom is -0.385 e. The fraction of sp³-hybridized carbons (Fsp3) is 1.00. The Bertz CT molecular complexity index is 509. The van der Waals surface area contributed by atoms with Crippen molar-refractivity contribution < 1.29 is 27.9 Å². The molecule has 32 heavy (non-hydrogen) atoms. The van der Waals surface area contributed by atoms with Gasteiger partial charge < -0.3 is 37.7 Å². The first kappa shape index (κ1) is 29.8. The van der Waals surface area contributed by atoms with E-state index >= 15 is 0 Å². The van der Waals surface area contributed by atoms with Gasteiger partial charge in [-0.3, -0.25) is 0 Å². The molecule has 0 aliphatic carbocycles. The molecule has 2 aliphatic heterocycles. The summed E-state index contributed by atoms with van der Waals surface area (Å²) < 4.78 is 33.7. The number of rotatable bonds is 10. The molecular formula is C22H48B2N2O6. The molecule has 2 atom stereocenters.